The molecule has 3 nitrogen and oxygen atoms in total. The van der Waals surface area contributed by atoms with Gasteiger partial charge in [-0.3, -0.25) is 5.01 Å². The summed E-state index contributed by atoms with van der Waals surface area (Å²) in [6.45, 7) is 1.59. The molecule has 27 heavy (non-hydrogen) atoms. The van der Waals surface area contributed by atoms with E-state index in [9.17, 15) is 0 Å². The highest BCUT2D eigenvalue weighted by molar-refractivity contribution is 6.04. The first-order valence-electron chi connectivity index (χ1n) is 9.39. The molecule has 0 aliphatic heterocycles. The van der Waals surface area contributed by atoms with Crippen LogP contribution in [0.4, 0.5) is 0 Å². The van der Waals surface area contributed by atoms with Gasteiger partial charge in [0, 0.05) is 5.56 Å². The first-order valence-corrected chi connectivity index (χ1v) is 9.39. The molecule has 0 heterocycles. The molecule has 1 aliphatic rings. The lowest BCUT2D eigenvalue weighted by Gasteiger charge is -2.21. The van der Waals surface area contributed by atoms with Gasteiger partial charge in [-0.1, -0.05) is 60.7 Å². The number of ether oxygens (including phenoxy) is 1. The van der Waals surface area contributed by atoms with Gasteiger partial charge in [0.1, 0.15) is 5.75 Å². The molecule has 0 N–H and O–H groups in total. The number of methoxy groups -OCH3 is 1. The van der Waals surface area contributed by atoms with E-state index < -0.39 is 0 Å². The minimum atomic E-state index is 0.796. The Bertz CT molecular complexity index is 878. The van der Waals surface area contributed by atoms with Crippen molar-refractivity contribution in [2.24, 2.45) is 5.10 Å². The van der Waals surface area contributed by atoms with E-state index in [0.29, 0.717) is 0 Å². The maximum absolute atomic E-state index is 5.36. The van der Waals surface area contributed by atoms with Crippen LogP contribution in [0.2, 0.25) is 0 Å². The minimum absolute atomic E-state index is 0.796. The minimum Gasteiger partial charge on any atom is -0.497 e. The second-order valence-electron chi connectivity index (χ2n) is 6.86. The molecule has 0 atom stereocenters. The van der Waals surface area contributed by atoms with Gasteiger partial charge in [0.05, 0.1) is 25.9 Å². The molecule has 0 saturated heterocycles. The Kier molecular flexibility index (Phi) is 5.20. The average molecular weight is 356 g/mol. The zero-order valence-electron chi connectivity index (χ0n) is 15.6. The van der Waals surface area contributed by atoms with Crippen molar-refractivity contribution in [3.8, 4) is 5.75 Å². The molecule has 0 saturated carbocycles. The Morgan fingerprint density at radius 1 is 0.815 bits per heavy atom. The van der Waals surface area contributed by atoms with Crippen LogP contribution in [0.3, 0.4) is 0 Å². The molecule has 3 aromatic carbocycles. The van der Waals surface area contributed by atoms with E-state index >= 15 is 0 Å². The van der Waals surface area contributed by atoms with Crippen molar-refractivity contribution in [2.45, 2.75) is 25.9 Å². The van der Waals surface area contributed by atoms with E-state index in [4.69, 9.17) is 9.84 Å². The van der Waals surface area contributed by atoms with Crippen LogP contribution in [-0.4, -0.2) is 17.8 Å². The van der Waals surface area contributed by atoms with Crippen molar-refractivity contribution in [1.29, 1.82) is 0 Å². The Morgan fingerprint density at radius 3 is 2.04 bits per heavy atom. The van der Waals surface area contributed by atoms with Crippen LogP contribution in [-0.2, 0) is 19.5 Å². The lowest BCUT2D eigenvalue weighted by atomic mass is 10.1. The van der Waals surface area contributed by atoms with Crippen molar-refractivity contribution in [1.82, 2.24) is 5.01 Å². The Labute approximate surface area is 160 Å². The van der Waals surface area contributed by atoms with Crippen LogP contribution in [0.1, 0.15) is 28.7 Å². The quantitative estimate of drug-likeness (QED) is 0.578. The largest absolute Gasteiger partial charge is 0.497 e. The molecule has 1 aliphatic carbocycles. The third-order valence-corrected chi connectivity index (χ3v) is 4.93. The molecule has 0 fully saturated rings. The number of hydrogen-bond acceptors (Lipinski definition) is 3. The maximum atomic E-state index is 5.36. The molecule has 4 rings (SSSR count). The van der Waals surface area contributed by atoms with Gasteiger partial charge in [-0.05, 0) is 47.7 Å². The molecule has 0 spiro atoms. The molecule has 3 aromatic rings. The van der Waals surface area contributed by atoms with Crippen molar-refractivity contribution < 1.29 is 4.74 Å². The van der Waals surface area contributed by atoms with Crippen molar-refractivity contribution in [2.75, 3.05) is 7.11 Å². The molecule has 0 radical (unpaired) electrons. The van der Waals surface area contributed by atoms with E-state index in [2.05, 4.69) is 77.8 Å². The number of rotatable bonds is 6. The molecule has 0 amide bonds. The summed E-state index contributed by atoms with van der Waals surface area (Å²) in [7, 11) is 1.72. The van der Waals surface area contributed by atoms with Crippen LogP contribution < -0.4 is 4.74 Å². The fourth-order valence-corrected chi connectivity index (χ4v) is 3.56. The van der Waals surface area contributed by atoms with E-state index in [0.717, 1.165) is 31.7 Å². The summed E-state index contributed by atoms with van der Waals surface area (Å²) in [6, 6.07) is 27.4. The summed E-state index contributed by atoms with van der Waals surface area (Å²) in [5.74, 6) is 0.917. The topological polar surface area (TPSA) is 24.8 Å². The smallest absolute Gasteiger partial charge is 0.119 e. The number of benzene rings is 3. The van der Waals surface area contributed by atoms with Gasteiger partial charge in [-0.25, -0.2) is 0 Å². The number of hydrogen-bond donors (Lipinski definition) is 0. The number of fused-ring (bicyclic) bond motifs is 1. The van der Waals surface area contributed by atoms with Gasteiger partial charge in [-0.2, -0.15) is 5.10 Å². The molecule has 3 heteroatoms. The Balaban J connectivity index is 1.62. The van der Waals surface area contributed by atoms with Crippen LogP contribution >= 0.6 is 0 Å². The Hall–Kier alpha value is -3.07. The van der Waals surface area contributed by atoms with Crippen LogP contribution in [0.15, 0.2) is 84.0 Å². The van der Waals surface area contributed by atoms with Crippen LogP contribution in [0.25, 0.3) is 0 Å². The van der Waals surface area contributed by atoms with Gasteiger partial charge in [-0.15, -0.1) is 0 Å². The highest BCUT2D eigenvalue weighted by Gasteiger charge is 2.19. The fraction of sp³-hybridized carbons (Fsp3) is 0.208. The molecule has 0 bridgehead atoms. The molecular formula is C24H24N2O. The van der Waals surface area contributed by atoms with Gasteiger partial charge in [0.15, 0.2) is 0 Å². The normalized spacial score (nSPS) is 14.2. The third-order valence-electron chi connectivity index (χ3n) is 4.93. The van der Waals surface area contributed by atoms with E-state index in [1.165, 1.54) is 28.0 Å². The zero-order chi connectivity index (χ0) is 18.5. The monoisotopic (exact) mass is 356 g/mol. The summed E-state index contributed by atoms with van der Waals surface area (Å²) in [6.07, 6.45) is 2.00. The highest BCUT2D eigenvalue weighted by atomic mass is 16.5. The predicted molar refractivity (Wildman–Crippen MR) is 110 cm³/mol. The number of aryl methyl sites for hydroxylation is 1. The summed E-state index contributed by atoms with van der Waals surface area (Å²) in [5.41, 5.74) is 6.28. The summed E-state index contributed by atoms with van der Waals surface area (Å²) >= 11 is 0. The van der Waals surface area contributed by atoms with E-state index in [-0.39, 0.29) is 0 Å². The van der Waals surface area contributed by atoms with E-state index in [1.807, 2.05) is 6.07 Å². The van der Waals surface area contributed by atoms with Crippen molar-refractivity contribution in [3.05, 3.63) is 101 Å². The third kappa shape index (κ3) is 4.20. The Morgan fingerprint density at radius 2 is 1.44 bits per heavy atom. The van der Waals surface area contributed by atoms with Gasteiger partial charge in [0.25, 0.3) is 0 Å². The molecule has 136 valence electrons. The molecular weight excluding hydrogens is 332 g/mol. The molecule has 0 unspecified atom stereocenters. The number of nitrogens with zero attached hydrogens (tertiary/aromatic N) is 2. The van der Waals surface area contributed by atoms with Gasteiger partial charge >= 0.3 is 0 Å². The predicted octanol–water partition coefficient (Wildman–Crippen LogP) is 5.05. The van der Waals surface area contributed by atoms with Crippen LogP contribution in [0, 0.1) is 0 Å². The first-order chi connectivity index (χ1) is 13.3. The van der Waals surface area contributed by atoms with Gasteiger partial charge < -0.3 is 4.74 Å². The second-order valence-corrected chi connectivity index (χ2v) is 6.86. The molecule has 0 aromatic heterocycles. The highest BCUT2D eigenvalue weighted by Crippen LogP contribution is 2.27. The van der Waals surface area contributed by atoms with Crippen molar-refractivity contribution in [3.63, 3.8) is 0 Å². The summed E-state index contributed by atoms with van der Waals surface area (Å²) < 4.78 is 5.36. The SMILES string of the molecule is COc1ccc2c(c1)CC/C2=N\N(Cc1ccccc1)Cc1ccccc1. The second kappa shape index (κ2) is 8.09. The lowest BCUT2D eigenvalue weighted by Crippen LogP contribution is -2.19. The summed E-state index contributed by atoms with van der Waals surface area (Å²) in [5, 5.41) is 7.25. The zero-order valence-corrected chi connectivity index (χ0v) is 15.6. The number of hydrazone groups is 1. The van der Waals surface area contributed by atoms with E-state index in [1.54, 1.807) is 7.11 Å². The fourth-order valence-electron chi connectivity index (χ4n) is 3.56. The van der Waals surface area contributed by atoms with Gasteiger partial charge in [0.2, 0.25) is 0 Å². The van der Waals surface area contributed by atoms with Crippen LogP contribution in [0.5, 0.6) is 5.75 Å². The maximum Gasteiger partial charge on any atom is 0.119 e. The lowest BCUT2D eigenvalue weighted by molar-refractivity contribution is 0.270. The first kappa shape index (κ1) is 17.3. The summed E-state index contributed by atoms with van der Waals surface area (Å²) in [4.78, 5) is 0. The average Bonchev–Trinajstić information content (AvgIpc) is 3.11. The van der Waals surface area contributed by atoms with Crippen molar-refractivity contribution >= 4 is 5.71 Å². The standard InChI is InChI=1S/C24H24N2O/c1-27-22-13-14-23-21(16-22)12-15-24(23)25-26(17-19-8-4-2-5-9-19)18-20-10-6-3-7-11-20/h2-11,13-14,16H,12,15,17-18H2,1H3/b25-24+.